The molecule has 0 atom stereocenters. The van der Waals surface area contributed by atoms with Crippen molar-refractivity contribution < 1.29 is 14.3 Å². The smallest absolute Gasteiger partial charge is 0.231 e. The molecule has 1 aromatic heterocycles. The molecule has 0 fully saturated rings. The molecule has 0 bridgehead atoms. The van der Waals surface area contributed by atoms with Gasteiger partial charge in [-0.15, -0.1) is 10.2 Å². The van der Waals surface area contributed by atoms with Crippen LogP contribution in [0.25, 0.3) is 17.1 Å². The van der Waals surface area contributed by atoms with Crippen LogP contribution in [0.2, 0.25) is 0 Å². The number of para-hydroxylation sites is 1. The van der Waals surface area contributed by atoms with E-state index in [0.717, 1.165) is 17.7 Å². The fourth-order valence-corrected chi connectivity index (χ4v) is 4.35. The van der Waals surface area contributed by atoms with Crippen molar-refractivity contribution in [3.8, 4) is 28.6 Å². The molecule has 5 rings (SSSR count). The second-order valence-corrected chi connectivity index (χ2v) is 8.36. The first-order valence-corrected chi connectivity index (χ1v) is 11.6. The SMILES string of the molecule is O=C(CSc1nnc(-c2ccc3c(c2)OCO3)n1-c1ccccc1)NCCc1ccccc1. The van der Waals surface area contributed by atoms with Crippen LogP contribution in [-0.2, 0) is 11.2 Å². The highest BCUT2D eigenvalue weighted by Crippen LogP contribution is 2.37. The van der Waals surface area contributed by atoms with Gasteiger partial charge in [0.05, 0.1) is 5.75 Å². The zero-order valence-electron chi connectivity index (χ0n) is 17.8. The van der Waals surface area contributed by atoms with Gasteiger partial charge < -0.3 is 14.8 Å². The number of carbonyl (C=O) groups excluding carboxylic acids is 1. The van der Waals surface area contributed by atoms with Crippen LogP contribution in [0.15, 0.2) is 84.0 Å². The molecule has 0 aliphatic carbocycles. The van der Waals surface area contributed by atoms with E-state index in [4.69, 9.17) is 9.47 Å². The summed E-state index contributed by atoms with van der Waals surface area (Å²) in [6, 6.07) is 25.7. The molecule has 1 amide bonds. The second kappa shape index (κ2) is 9.79. The van der Waals surface area contributed by atoms with Gasteiger partial charge in [-0.05, 0) is 42.3 Å². The van der Waals surface area contributed by atoms with Gasteiger partial charge >= 0.3 is 0 Å². The van der Waals surface area contributed by atoms with Gasteiger partial charge in [0.25, 0.3) is 0 Å². The van der Waals surface area contributed by atoms with E-state index in [9.17, 15) is 4.79 Å². The third kappa shape index (κ3) is 4.85. The number of nitrogens with one attached hydrogen (secondary N) is 1. The van der Waals surface area contributed by atoms with Crippen molar-refractivity contribution in [2.24, 2.45) is 0 Å². The van der Waals surface area contributed by atoms with Crippen molar-refractivity contribution in [2.45, 2.75) is 11.6 Å². The van der Waals surface area contributed by atoms with Crippen molar-refractivity contribution in [3.63, 3.8) is 0 Å². The first-order valence-electron chi connectivity index (χ1n) is 10.6. The number of rotatable bonds is 8. The van der Waals surface area contributed by atoms with E-state index in [1.807, 2.05) is 71.3 Å². The van der Waals surface area contributed by atoms with Crippen LogP contribution in [0, 0.1) is 0 Å². The number of aromatic nitrogens is 3. The Morgan fingerprint density at radius 1 is 0.939 bits per heavy atom. The zero-order valence-corrected chi connectivity index (χ0v) is 18.6. The third-order valence-electron chi connectivity index (χ3n) is 5.19. The number of carbonyl (C=O) groups is 1. The molecule has 3 aromatic carbocycles. The zero-order chi connectivity index (χ0) is 22.5. The van der Waals surface area contributed by atoms with Crippen LogP contribution in [0.3, 0.4) is 0 Å². The van der Waals surface area contributed by atoms with E-state index >= 15 is 0 Å². The molecule has 7 nitrogen and oxygen atoms in total. The van der Waals surface area contributed by atoms with Crippen molar-refractivity contribution >= 4 is 17.7 Å². The molecular formula is C25H22N4O3S. The van der Waals surface area contributed by atoms with Crippen LogP contribution < -0.4 is 14.8 Å². The highest BCUT2D eigenvalue weighted by atomic mass is 32.2. The van der Waals surface area contributed by atoms with Gasteiger partial charge in [-0.1, -0.05) is 60.3 Å². The average molecular weight is 459 g/mol. The molecule has 1 N–H and O–H groups in total. The van der Waals surface area contributed by atoms with Gasteiger partial charge in [-0.2, -0.15) is 0 Å². The van der Waals surface area contributed by atoms with Gasteiger partial charge in [0.2, 0.25) is 12.7 Å². The number of thioether (sulfide) groups is 1. The Bertz CT molecular complexity index is 1250. The maximum absolute atomic E-state index is 12.4. The van der Waals surface area contributed by atoms with Crippen molar-refractivity contribution in [2.75, 3.05) is 19.1 Å². The lowest BCUT2D eigenvalue weighted by molar-refractivity contribution is -0.118. The van der Waals surface area contributed by atoms with Gasteiger partial charge in [-0.3, -0.25) is 9.36 Å². The predicted molar refractivity (Wildman–Crippen MR) is 127 cm³/mol. The number of ether oxygens (including phenoxy) is 2. The Morgan fingerprint density at radius 2 is 1.70 bits per heavy atom. The van der Waals surface area contributed by atoms with Crippen molar-refractivity contribution in [3.05, 3.63) is 84.4 Å². The molecule has 33 heavy (non-hydrogen) atoms. The largest absolute Gasteiger partial charge is 0.454 e. The summed E-state index contributed by atoms with van der Waals surface area (Å²) >= 11 is 1.36. The Labute approximate surface area is 195 Å². The molecule has 1 aliphatic heterocycles. The van der Waals surface area contributed by atoms with Crippen LogP contribution >= 0.6 is 11.8 Å². The van der Waals surface area contributed by atoms with E-state index in [0.29, 0.717) is 29.0 Å². The van der Waals surface area contributed by atoms with Gasteiger partial charge in [0, 0.05) is 17.8 Å². The highest BCUT2D eigenvalue weighted by molar-refractivity contribution is 7.99. The fourth-order valence-electron chi connectivity index (χ4n) is 3.57. The Kier molecular flexibility index (Phi) is 6.25. The monoisotopic (exact) mass is 458 g/mol. The number of nitrogens with zero attached hydrogens (tertiary/aromatic N) is 3. The molecule has 0 saturated carbocycles. The minimum atomic E-state index is -0.0387. The number of hydrogen-bond acceptors (Lipinski definition) is 6. The van der Waals surface area contributed by atoms with E-state index in [2.05, 4.69) is 27.6 Å². The van der Waals surface area contributed by atoms with Crippen LogP contribution in [0.5, 0.6) is 11.5 Å². The van der Waals surface area contributed by atoms with Gasteiger partial charge in [0.1, 0.15) is 0 Å². The lowest BCUT2D eigenvalue weighted by Crippen LogP contribution is -2.27. The molecule has 1 aliphatic rings. The summed E-state index contributed by atoms with van der Waals surface area (Å²) in [4.78, 5) is 12.4. The van der Waals surface area contributed by atoms with Crippen molar-refractivity contribution in [1.82, 2.24) is 20.1 Å². The molecule has 2 heterocycles. The van der Waals surface area contributed by atoms with E-state index < -0.39 is 0 Å². The Hall–Kier alpha value is -3.78. The van der Waals surface area contributed by atoms with Gasteiger partial charge in [0.15, 0.2) is 22.5 Å². The summed E-state index contributed by atoms with van der Waals surface area (Å²) < 4.78 is 12.9. The number of fused-ring (bicyclic) bond motifs is 1. The molecular weight excluding hydrogens is 436 g/mol. The predicted octanol–water partition coefficient (Wildman–Crippen LogP) is 4.11. The van der Waals surface area contributed by atoms with Crippen LogP contribution in [-0.4, -0.2) is 39.8 Å². The Morgan fingerprint density at radius 3 is 2.52 bits per heavy atom. The fraction of sp³-hybridized carbons (Fsp3) is 0.160. The molecule has 0 radical (unpaired) electrons. The molecule has 0 unspecified atom stereocenters. The summed E-state index contributed by atoms with van der Waals surface area (Å²) in [7, 11) is 0. The summed E-state index contributed by atoms with van der Waals surface area (Å²) in [6.07, 6.45) is 0.797. The minimum absolute atomic E-state index is 0.0387. The van der Waals surface area contributed by atoms with Gasteiger partial charge in [-0.25, -0.2) is 0 Å². The quantitative estimate of drug-likeness (QED) is 0.400. The van der Waals surface area contributed by atoms with Crippen molar-refractivity contribution in [1.29, 1.82) is 0 Å². The minimum Gasteiger partial charge on any atom is -0.454 e. The van der Waals surface area contributed by atoms with E-state index in [1.54, 1.807) is 0 Å². The lowest BCUT2D eigenvalue weighted by Gasteiger charge is -2.11. The molecule has 8 heteroatoms. The highest BCUT2D eigenvalue weighted by Gasteiger charge is 2.20. The average Bonchev–Trinajstić information content (AvgIpc) is 3.50. The number of benzene rings is 3. The summed E-state index contributed by atoms with van der Waals surface area (Å²) in [5.41, 5.74) is 2.97. The summed E-state index contributed by atoms with van der Waals surface area (Å²) in [5, 5.41) is 12.4. The molecule has 166 valence electrons. The van der Waals surface area contributed by atoms with Crippen LogP contribution in [0.1, 0.15) is 5.56 Å². The Balaban J connectivity index is 1.32. The number of hydrogen-bond donors (Lipinski definition) is 1. The van der Waals surface area contributed by atoms with E-state index in [-0.39, 0.29) is 18.5 Å². The summed E-state index contributed by atoms with van der Waals surface area (Å²) in [6.45, 7) is 0.807. The van der Waals surface area contributed by atoms with Crippen LogP contribution in [0.4, 0.5) is 0 Å². The lowest BCUT2D eigenvalue weighted by atomic mass is 10.1. The normalized spacial score (nSPS) is 12.0. The summed E-state index contributed by atoms with van der Waals surface area (Å²) in [5.74, 6) is 2.28. The third-order valence-corrected chi connectivity index (χ3v) is 6.12. The topological polar surface area (TPSA) is 78.3 Å². The first-order chi connectivity index (χ1) is 16.3. The number of amides is 1. The molecule has 0 saturated heterocycles. The molecule has 0 spiro atoms. The maximum atomic E-state index is 12.4. The van der Waals surface area contributed by atoms with E-state index in [1.165, 1.54) is 17.3 Å². The second-order valence-electron chi connectivity index (χ2n) is 7.42. The molecule has 4 aromatic rings. The first kappa shape index (κ1) is 21.1. The standard InChI is InChI=1S/C25H22N4O3S/c30-23(26-14-13-18-7-3-1-4-8-18)16-33-25-28-27-24(29(25)20-9-5-2-6-10-20)19-11-12-21-22(15-19)32-17-31-21/h1-12,15H,13-14,16-17H2,(H,26,30). The maximum Gasteiger partial charge on any atom is 0.231 e.